The van der Waals surface area contributed by atoms with E-state index < -0.39 is 0 Å². The normalized spacial score (nSPS) is 38.1. The summed E-state index contributed by atoms with van der Waals surface area (Å²) in [5, 5.41) is 6.47. The van der Waals surface area contributed by atoms with Gasteiger partial charge in [0.1, 0.15) is 0 Å². The molecular weight excluding hydrogens is 324 g/mol. The third-order valence-corrected chi connectivity index (χ3v) is 7.87. The van der Waals surface area contributed by atoms with Gasteiger partial charge in [-0.15, -0.1) is 0 Å². The van der Waals surface area contributed by atoms with Crippen LogP contribution in [0, 0.1) is 23.2 Å². The lowest BCUT2D eigenvalue weighted by molar-refractivity contribution is 0.0891. The van der Waals surface area contributed by atoms with Crippen LogP contribution >= 0.6 is 0 Å². The molecule has 26 heavy (non-hydrogen) atoms. The second-order valence-electron chi connectivity index (χ2n) is 9.49. The van der Waals surface area contributed by atoms with Gasteiger partial charge in [-0.1, -0.05) is 19.8 Å². The molecule has 140 valence electrons. The SMILES string of the molecule is CNc1ncc(C(=O)N[C@@H]2C3CC4CC2C(C)(C4)C3)c(C2CCCC2)n1. The van der Waals surface area contributed by atoms with E-state index >= 15 is 0 Å². The number of nitrogens with zero attached hydrogens (tertiary/aromatic N) is 2. The molecule has 1 aromatic rings. The van der Waals surface area contributed by atoms with Crippen LogP contribution in [0.25, 0.3) is 0 Å². The first-order valence-corrected chi connectivity index (χ1v) is 10.4. The average molecular weight is 354 g/mol. The van der Waals surface area contributed by atoms with Crippen LogP contribution in [0.1, 0.15) is 80.3 Å². The number of hydrogen-bond acceptors (Lipinski definition) is 4. The van der Waals surface area contributed by atoms with Crippen molar-refractivity contribution >= 4 is 11.9 Å². The van der Waals surface area contributed by atoms with Crippen LogP contribution in [-0.4, -0.2) is 29.0 Å². The van der Waals surface area contributed by atoms with Crippen LogP contribution < -0.4 is 10.6 Å². The smallest absolute Gasteiger partial charge is 0.254 e. The largest absolute Gasteiger partial charge is 0.357 e. The Labute approximate surface area is 155 Å². The summed E-state index contributed by atoms with van der Waals surface area (Å²) in [6.45, 7) is 2.45. The van der Waals surface area contributed by atoms with Crippen molar-refractivity contribution in [1.82, 2.24) is 15.3 Å². The minimum absolute atomic E-state index is 0.0548. The second kappa shape index (κ2) is 5.93. The van der Waals surface area contributed by atoms with E-state index in [-0.39, 0.29) is 5.91 Å². The van der Waals surface area contributed by atoms with E-state index in [4.69, 9.17) is 4.98 Å². The topological polar surface area (TPSA) is 66.9 Å². The van der Waals surface area contributed by atoms with E-state index in [9.17, 15) is 4.79 Å². The Bertz CT molecular complexity index is 729. The summed E-state index contributed by atoms with van der Waals surface area (Å²) in [7, 11) is 1.83. The molecule has 6 rings (SSSR count). The number of rotatable bonds is 4. The van der Waals surface area contributed by atoms with Crippen LogP contribution in [0.15, 0.2) is 6.20 Å². The second-order valence-corrected chi connectivity index (χ2v) is 9.49. The van der Waals surface area contributed by atoms with Crippen molar-refractivity contribution in [3.05, 3.63) is 17.5 Å². The summed E-state index contributed by atoms with van der Waals surface area (Å²) < 4.78 is 0. The van der Waals surface area contributed by atoms with Crippen molar-refractivity contribution in [2.75, 3.05) is 12.4 Å². The van der Waals surface area contributed by atoms with Crippen molar-refractivity contribution in [2.45, 2.75) is 70.3 Å². The van der Waals surface area contributed by atoms with E-state index in [1.54, 1.807) is 6.20 Å². The van der Waals surface area contributed by atoms with E-state index in [0.717, 1.165) is 24.5 Å². The van der Waals surface area contributed by atoms with Gasteiger partial charge in [-0.3, -0.25) is 4.79 Å². The number of carbonyl (C=O) groups is 1. The molecule has 5 nitrogen and oxygen atoms in total. The Kier molecular flexibility index (Phi) is 3.77. The monoisotopic (exact) mass is 354 g/mol. The highest BCUT2D eigenvalue weighted by Crippen LogP contribution is 2.65. The lowest BCUT2D eigenvalue weighted by atomic mass is 9.77. The fraction of sp³-hybridized carbons (Fsp3) is 0.762. The van der Waals surface area contributed by atoms with Gasteiger partial charge < -0.3 is 10.6 Å². The molecule has 2 N–H and O–H groups in total. The summed E-state index contributed by atoms with van der Waals surface area (Å²) in [6.07, 6.45) is 11.8. The zero-order valence-electron chi connectivity index (χ0n) is 15.9. The van der Waals surface area contributed by atoms with E-state index in [1.165, 1.54) is 38.5 Å². The molecule has 5 heteroatoms. The highest BCUT2D eigenvalue weighted by molar-refractivity contribution is 5.95. The molecule has 1 amide bonds. The number of hydrogen-bond donors (Lipinski definition) is 2. The molecule has 0 radical (unpaired) electrons. The maximum atomic E-state index is 13.2. The summed E-state index contributed by atoms with van der Waals surface area (Å²) in [4.78, 5) is 22.3. The molecular formula is C21H30N4O. The highest BCUT2D eigenvalue weighted by atomic mass is 16.1. The van der Waals surface area contributed by atoms with Gasteiger partial charge in [-0.05, 0) is 61.7 Å². The number of anilines is 1. The summed E-state index contributed by atoms with van der Waals surface area (Å²) in [5.74, 6) is 3.33. The average Bonchev–Trinajstić information content (AvgIpc) is 3.28. The lowest BCUT2D eigenvalue weighted by Gasteiger charge is -2.32. The third kappa shape index (κ3) is 2.46. The minimum atomic E-state index is 0.0548. The molecule has 5 atom stereocenters. The summed E-state index contributed by atoms with van der Waals surface area (Å²) in [5.41, 5.74) is 2.13. The number of amides is 1. The lowest BCUT2D eigenvalue weighted by Crippen LogP contribution is -2.44. The van der Waals surface area contributed by atoms with E-state index in [2.05, 4.69) is 22.5 Å². The van der Waals surface area contributed by atoms with Gasteiger partial charge >= 0.3 is 0 Å². The summed E-state index contributed by atoms with van der Waals surface area (Å²) in [6, 6.07) is 0.353. The zero-order valence-corrected chi connectivity index (χ0v) is 15.9. The highest BCUT2D eigenvalue weighted by Gasteiger charge is 2.60. The molecule has 5 aliphatic carbocycles. The van der Waals surface area contributed by atoms with Gasteiger partial charge in [0, 0.05) is 25.2 Å². The van der Waals surface area contributed by atoms with Crippen molar-refractivity contribution in [3.63, 3.8) is 0 Å². The van der Waals surface area contributed by atoms with E-state index in [1.807, 2.05) is 7.05 Å². The minimum Gasteiger partial charge on any atom is -0.357 e. The molecule has 1 heterocycles. The third-order valence-electron chi connectivity index (χ3n) is 7.87. The van der Waals surface area contributed by atoms with Gasteiger partial charge in [0.25, 0.3) is 5.91 Å². The van der Waals surface area contributed by atoms with Gasteiger partial charge in [0.05, 0.1) is 11.3 Å². The standard InChI is InChI=1S/C21H30N4O/c1-21-9-12-7-14(10-21)18(16(21)8-12)24-19(26)15-11-23-20(22-2)25-17(15)13-5-3-4-6-13/h11-14,16,18H,3-10H2,1-2H3,(H,24,26)(H,22,23,25)/t12?,14?,16?,18-,21?/m1/s1. The van der Waals surface area contributed by atoms with E-state index in [0.29, 0.717) is 40.7 Å². The molecule has 0 saturated heterocycles. The summed E-state index contributed by atoms with van der Waals surface area (Å²) >= 11 is 0. The molecule has 4 bridgehead atoms. The Hall–Kier alpha value is -1.65. The van der Waals surface area contributed by atoms with Gasteiger partial charge in [-0.25, -0.2) is 9.97 Å². The first-order chi connectivity index (χ1) is 12.6. The van der Waals surface area contributed by atoms with Crippen LogP contribution in [0.4, 0.5) is 5.95 Å². The van der Waals surface area contributed by atoms with Gasteiger partial charge in [-0.2, -0.15) is 0 Å². The fourth-order valence-electron chi connectivity index (χ4n) is 6.89. The van der Waals surface area contributed by atoms with Gasteiger partial charge in [0.15, 0.2) is 0 Å². The Balaban J connectivity index is 1.41. The molecule has 0 aromatic carbocycles. The molecule has 0 aliphatic heterocycles. The molecule has 5 fully saturated rings. The van der Waals surface area contributed by atoms with Gasteiger partial charge in [0.2, 0.25) is 5.95 Å². The Morgan fingerprint density at radius 1 is 1.23 bits per heavy atom. The molecule has 0 spiro atoms. The number of carbonyl (C=O) groups excluding carboxylic acids is 1. The molecule has 1 aromatic heterocycles. The van der Waals surface area contributed by atoms with Crippen molar-refractivity contribution in [1.29, 1.82) is 0 Å². The molecule has 5 aliphatic rings. The van der Waals surface area contributed by atoms with Crippen molar-refractivity contribution in [3.8, 4) is 0 Å². The quantitative estimate of drug-likeness (QED) is 0.864. The van der Waals surface area contributed by atoms with Crippen LogP contribution in [0.5, 0.6) is 0 Å². The predicted octanol–water partition coefficient (Wildman–Crippen LogP) is 3.73. The maximum absolute atomic E-state index is 13.2. The predicted molar refractivity (Wildman–Crippen MR) is 101 cm³/mol. The first-order valence-electron chi connectivity index (χ1n) is 10.4. The first kappa shape index (κ1) is 16.5. The number of aromatic nitrogens is 2. The molecule has 5 saturated carbocycles. The van der Waals surface area contributed by atoms with Crippen LogP contribution in [0.2, 0.25) is 0 Å². The molecule has 4 unspecified atom stereocenters. The van der Waals surface area contributed by atoms with Crippen molar-refractivity contribution in [2.24, 2.45) is 23.2 Å². The Morgan fingerprint density at radius 2 is 2.04 bits per heavy atom. The fourth-order valence-corrected chi connectivity index (χ4v) is 6.89. The van der Waals surface area contributed by atoms with Crippen molar-refractivity contribution < 1.29 is 4.79 Å². The zero-order chi connectivity index (χ0) is 17.9. The van der Waals surface area contributed by atoms with Crippen LogP contribution in [0.3, 0.4) is 0 Å². The Morgan fingerprint density at radius 3 is 2.77 bits per heavy atom. The number of nitrogens with one attached hydrogen (secondary N) is 2. The maximum Gasteiger partial charge on any atom is 0.254 e. The van der Waals surface area contributed by atoms with Crippen LogP contribution in [-0.2, 0) is 0 Å².